The monoisotopic (exact) mass is 306 g/mol. The van der Waals surface area contributed by atoms with Crippen molar-refractivity contribution in [3.63, 3.8) is 0 Å². The molecule has 0 aliphatic carbocycles. The Hall–Kier alpha value is -0.630. The highest BCUT2D eigenvalue weighted by Crippen LogP contribution is 2.20. The number of primary sulfonamides is 1. The van der Waals surface area contributed by atoms with Gasteiger partial charge in [-0.25, -0.2) is 18.5 Å². The minimum Gasteiger partial charge on any atom is -0.321 e. The fourth-order valence-corrected chi connectivity index (χ4v) is 3.61. The molecule has 108 valence electrons. The van der Waals surface area contributed by atoms with Gasteiger partial charge in [0.15, 0.2) is 0 Å². The van der Waals surface area contributed by atoms with E-state index in [4.69, 9.17) is 16.7 Å². The smallest absolute Gasteiger partial charge is 0.209 e. The summed E-state index contributed by atoms with van der Waals surface area (Å²) in [6.45, 7) is 2.37. The first-order valence-electron chi connectivity index (χ1n) is 6.24. The summed E-state index contributed by atoms with van der Waals surface area (Å²) < 4.78 is 24.1. The Kier molecular flexibility index (Phi) is 4.50. The molecule has 1 aromatic rings. The Balaban J connectivity index is 1.96. The summed E-state index contributed by atoms with van der Waals surface area (Å²) in [5.74, 6) is 1.06. The van der Waals surface area contributed by atoms with E-state index < -0.39 is 10.0 Å². The minimum atomic E-state index is -3.39. The predicted molar refractivity (Wildman–Crippen MR) is 74.2 cm³/mol. The number of nitrogens with zero attached hydrogens (tertiary/aromatic N) is 3. The predicted octanol–water partition coefficient (Wildman–Crippen LogP) is 0.574. The fourth-order valence-electron chi connectivity index (χ4n) is 2.53. The second-order valence-corrected chi connectivity index (χ2v) is 7.18. The van der Waals surface area contributed by atoms with Crippen LogP contribution in [0.5, 0.6) is 0 Å². The van der Waals surface area contributed by atoms with Gasteiger partial charge in [-0.1, -0.05) is 11.6 Å². The molecule has 0 bridgehead atoms. The zero-order chi connectivity index (χ0) is 14.0. The first-order chi connectivity index (χ1) is 8.85. The minimum absolute atomic E-state index is 0.0603. The van der Waals surface area contributed by atoms with E-state index in [2.05, 4.69) is 9.88 Å². The maximum absolute atomic E-state index is 11.1. The van der Waals surface area contributed by atoms with Gasteiger partial charge in [0.2, 0.25) is 10.0 Å². The summed E-state index contributed by atoms with van der Waals surface area (Å²) in [5.41, 5.74) is 0. The molecular weight excluding hydrogens is 288 g/mol. The standard InChI is InChI=1S/C11H19ClN4O2S/c1-15-10(12)5-14-11(15)7-16-4-2-3-9(6-16)8-19(13,17)18/h5,9H,2-4,6-8H2,1H3,(H2,13,17,18)/t9-/m1/s1. The Labute approximate surface area is 118 Å². The Morgan fingerprint density at radius 1 is 1.58 bits per heavy atom. The molecule has 1 saturated heterocycles. The molecule has 2 heterocycles. The SMILES string of the molecule is Cn1c(Cl)cnc1CN1CCC[C@@H](CS(N)(=O)=O)C1. The lowest BCUT2D eigenvalue weighted by atomic mass is 10.0. The molecule has 0 amide bonds. The van der Waals surface area contributed by atoms with Gasteiger partial charge in [-0.05, 0) is 25.3 Å². The van der Waals surface area contributed by atoms with Crippen molar-refractivity contribution in [2.24, 2.45) is 18.1 Å². The van der Waals surface area contributed by atoms with Crippen LogP contribution in [0.15, 0.2) is 6.20 Å². The molecule has 2 rings (SSSR count). The molecule has 0 spiro atoms. The summed E-state index contributed by atoms with van der Waals surface area (Å²) in [5, 5.41) is 5.72. The van der Waals surface area contributed by atoms with Gasteiger partial charge in [0.05, 0.1) is 18.5 Å². The van der Waals surface area contributed by atoms with Gasteiger partial charge in [0.25, 0.3) is 0 Å². The highest BCUT2D eigenvalue weighted by Gasteiger charge is 2.24. The van der Waals surface area contributed by atoms with E-state index in [1.165, 1.54) is 0 Å². The van der Waals surface area contributed by atoms with Crippen LogP contribution < -0.4 is 5.14 Å². The van der Waals surface area contributed by atoms with Crippen molar-refractivity contribution in [3.8, 4) is 0 Å². The van der Waals surface area contributed by atoms with Crippen molar-refractivity contribution in [3.05, 3.63) is 17.2 Å². The Morgan fingerprint density at radius 3 is 2.89 bits per heavy atom. The van der Waals surface area contributed by atoms with Crippen molar-refractivity contribution < 1.29 is 8.42 Å². The number of imidazole rings is 1. The quantitative estimate of drug-likeness (QED) is 0.882. The van der Waals surface area contributed by atoms with Crippen LogP contribution in [0.1, 0.15) is 18.7 Å². The largest absolute Gasteiger partial charge is 0.321 e. The number of nitrogens with two attached hydrogens (primary N) is 1. The van der Waals surface area contributed by atoms with Crippen molar-refractivity contribution in [1.82, 2.24) is 14.5 Å². The maximum atomic E-state index is 11.1. The highest BCUT2D eigenvalue weighted by atomic mass is 35.5. The van der Waals surface area contributed by atoms with Crippen LogP contribution in [-0.2, 0) is 23.6 Å². The molecule has 8 heteroatoms. The molecule has 19 heavy (non-hydrogen) atoms. The number of rotatable bonds is 4. The van der Waals surface area contributed by atoms with Crippen LogP contribution in [0.4, 0.5) is 0 Å². The number of aromatic nitrogens is 2. The van der Waals surface area contributed by atoms with E-state index >= 15 is 0 Å². The van der Waals surface area contributed by atoms with Crippen molar-refractivity contribution in [2.45, 2.75) is 19.4 Å². The zero-order valence-corrected chi connectivity index (χ0v) is 12.5. The first-order valence-corrected chi connectivity index (χ1v) is 8.33. The van der Waals surface area contributed by atoms with E-state index in [0.717, 1.165) is 31.8 Å². The van der Waals surface area contributed by atoms with Gasteiger partial charge in [0.1, 0.15) is 11.0 Å². The van der Waals surface area contributed by atoms with Crippen LogP contribution in [0.3, 0.4) is 0 Å². The molecule has 0 unspecified atom stereocenters. The van der Waals surface area contributed by atoms with Gasteiger partial charge >= 0.3 is 0 Å². The van der Waals surface area contributed by atoms with Crippen molar-refractivity contribution in [2.75, 3.05) is 18.8 Å². The highest BCUT2D eigenvalue weighted by molar-refractivity contribution is 7.89. The van der Waals surface area contributed by atoms with Crippen LogP contribution >= 0.6 is 11.6 Å². The average Bonchev–Trinajstić information content (AvgIpc) is 2.59. The number of hydrogen-bond acceptors (Lipinski definition) is 4. The molecule has 2 N–H and O–H groups in total. The van der Waals surface area contributed by atoms with Crippen LogP contribution in [0.2, 0.25) is 5.15 Å². The summed E-state index contributed by atoms with van der Waals surface area (Å²) in [6.07, 6.45) is 3.52. The van der Waals surface area contributed by atoms with Crippen molar-refractivity contribution in [1.29, 1.82) is 0 Å². The number of likely N-dealkylation sites (tertiary alicyclic amines) is 1. The molecule has 6 nitrogen and oxygen atoms in total. The molecule has 0 saturated carbocycles. The van der Waals surface area contributed by atoms with E-state index in [1.807, 2.05) is 11.6 Å². The second-order valence-electron chi connectivity index (χ2n) is 5.13. The normalized spacial score (nSPS) is 21.7. The molecular formula is C11H19ClN4O2S. The van der Waals surface area contributed by atoms with Gasteiger partial charge in [0, 0.05) is 13.6 Å². The summed E-state index contributed by atoms with van der Waals surface area (Å²) in [4.78, 5) is 6.46. The number of halogens is 1. The number of piperidine rings is 1. The molecule has 0 radical (unpaired) electrons. The summed E-state index contributed by atoms with van der Waals surface area (Å²) in [6, 6.07) is 0. The van der Waals surface area contributed by atoms with Crippen LogP contribution in [0.25, 0.3) is 0 Å². The van der Waals surface area contributed by atoms with Gasteiger partial charge in [-0.3, -0.25) is 4.90 Å². The van der Waals surface area contributed by atoms with Crippen LogP contribution in [0, 0.1) is 5.92 Å². The van der Waals surface area contributed by atoms with Gasteiger partial charge in [-0.2, -0.15) is 0 Å². The third-order valence-corrected chi connectivity index (χ3v) is 4.75. The average molecular weight is 307 g/mol. The fraction of sp³-hybridized carbons (Fsp3) is 0.727. The van der Waals surface area contributed by atoms with Gasteiger partial charge in [-0.15, -0.1) is 0 Å². The lowest BCUT2D eigenvalue weighted by Gasteiger charge is -2.31. The van der Waals surface area contributed by atoms with E-state index in [9.17, 15) is 8.42 Å². The molecule has 0 aromatic carbocycles. The first kappa shape index (κ1) is 14.8. The number of sulfonamides is 1. The van der Waals surface area contributed by atoms with Crippen LogP contribution in [-0.4, -0.2) is 41.7 Å². The topological polar surface area (TPSA) is 81.2 Å². The lowest BCUT2D eigenvalue weighted by molar-refractivity contribution is 0.172. The summed E-state index contributed by atoms with van der Waals surface area (Å²) in [7, 11) is -1.52. The second kappa shape index (κ2) is 5.78. The summed E-state index contributed by atoms with van der Waals surface area (Å²) >= 11 is 5.95. The van der Waals surface area contributed by atoms with Crippen molar-refractivity contribution >= 4 is 21.6 Å². The van der Waals surface area contributed by atoms with Gasteiger partial charge < -0.3 is 4.57 Å². The lowest BCUT2D eigenvalue weighted by Crippen LogP contribution is -2.39. The Bertz CT molecular complexity index is 543. The third-order valence-electron chi connectivity index (χ3n) is 3.46. The molecule has 1 fully saturated rings. The van der Waals surface area contributed by atoms with E-state index in [0.29, 0.717) is 11.7 Å². The number of hydrogen-bond donors (Lipinski definition) is 1. The Morgan fingerprint density at radius 2 is 2.32 bits per heavy atom. The molecule has 1 aromatic heterocycles. The third kappa shape index (κ3) is 4.17. The molecule has 1 aliphatic rings. The van der Waals surface area contributed by atoms with E-state index in [-0.39, 0.29) is 11.7 Å². The molecule has 1 atom stereocenters. The maximum Gasteiger partial charge on any atom is 0.209 e. The van der Waals surface area contributed by atoms with E-state index in [1.54, 1.807) is 6.20 Å². The zero-order valence-electron chi connectivity index (χ0n) is 10.9. The molecule has 1 aliphatic heterocycles.